The maximum atomic E-state index is 12.5. The Bertz CT molecular complexity index is 542. The first-order valence-corrected chi connectivity index (χ1v) is 9.47. The van der Waals surface area contributed by atoms with Crippen LogP contribution in [-0.2, 0) is 11.3 Å². The molecular formula is C19H33N3O3. The quantitative estimate of drug-likeness (QED) is 0.613. The first-order chi connectivity index (χ1) is 11.9. The van der Waals surface area contributed by atoms with Crippen molar-refractivity contribution in [3.63, 3.8) is 0 Å². The molecule has 6 nitrogen and oxygen atoms in total. The minimum Gasteiger partial charge on any atom is -0.446 e. The molecule has 0 saturated carbocycles. The second-order valence-corrected chi connectivity index (χ2v) is 6.65. The number of rotatable bonds is 11. The zero-order valence-corrected chi connectivity index (χ0v) is 16.3. The van der Waals surface area contributed by atoms with Crippen molar-refractivity contribution in [1.82, 2.24) is 15.2 Å². The molecule has 1 heterocycles. The predicted octanol–water partition coefficient (Wildman–Crippen LogP) is 3.91. The largest absolute Gasteiger partial charge is 0.446 e. The molecule has 0 saturated heterocycles. The van der Waals surface area contributed by atoms with Gasteiger partial charge in [0, 0.05) is 18.5 Å². The molecule has 1 aromatic heterocycles. The average molecular weight is 351 g/mol. The number of carbonyl (C=O) groups is 2. The molecule has 25 heavy (non-hydrogen) atoms. The summed E-state index contributed by atoms with van der Waals surface area (Å²) in [6.45, 7) is 10.5. The van der Waals surface area contributed by atoms with E-state index in [1.54, 1.807) is 4.90 Å². The highest BCUT2D eigenvalue weighted by molar-refractivity contribution is 5.92. The smallest absolute Gasteiger partial charge is 0.273 e. The lowest BCUT2D eigenvalue weighted by atomic mass is 10.1. The van der Waals surface area contributed by atoms with E-state index in [4.69, 9.17) is 4.42 Å². The number of nitrogens with zero attached hydrogens (tertiary/aromatic N) is 2. The Morgan fingerprint density at radius 3 is 2.52 bits per heavy atom. The van der Waals surface area contributed by atoms with Crippen LogP contribution >= 0.6 is 0 Å². The van der Waals surface area contributed by atoms with Gasteiger partial charge in [-0.25, -0.2) is 4.98 Å². The van der Waals surface area contributed by atoms with E-state index in [0.717, 1.165) is 32.1 Å². The summed E-state index contributed by atoms with van der Waals surface area (Å²) in [4.78, 5) is 30.7. The van der Waals surface area contributed by atoms with E-state index in [9.17, 15) is 9.59 Å². The molecule has 1 rings (SSSR count). The summed E-state index contributed by atoms with van der Waals surface area (Å²) in [5.74, 6) is 0.277. The molecule has 0 fully saturated rings. The Balaban J connectivity index is 2.74. The van der Waals surface area contributed by atoms with E-state index in [2.05, 4.69) is 24.1 Å². The Morgan fingerprint density at radius 2 is 1.92 bits per heavy atom. The number of oxazole rings is 1. The van der Waals surface area contributed by atoms with Gasteiger partial charge in [-0.15, -0.1) is 0 Å². The molecule has 0 aliphatic heterocycles. The van der Waals surface area contributed by atoms with Gasteiger partial charge in [0.1, 0.15) is 6.26 Å². The monoisotopic (exact) mass is 351 g/mol. The number of unbranched alkanes of at least 4 members (excludes halogenated alkanes) is 2. The van der Waals surface area contributed by atoms with Crippen molar-refractivity contribution < 1.29 is 14.0 Å². The molecule has 0 aliphatic carbocycles. The van der Waals surface area contributed by atoms with Crippen LogP contribution in [0.2, 0.25) is 0 Å². The number of carbonyl (C=O) groups excluding carboxylic acids is 2. The van der Waals surface area contributed by atoms with Crippen LogP contribution in [0.15, 0.2) is 10.7 Å². The van der Waals surface area contributed by atoms with Gasteiger partial charge < -0.3 is 14.6 Å². The molecule has 142 valence electrons. The Kier molecular flexibility index (Phi) is 9.24. The molecule has 0 aliphatic rings. The molecule has 0 bridgehead atoms. The summed E-state index contributed by atoms with van der Waals surface area (Å²) < 4.78 is 5.44. The molecule has 2 amide bonds. The summed E-state index contributed by atoms with van der Waals surface area (Å²) in [5.41, 5.74) is 0.262. The van der Waals surface area contributed by atoms with Gasteiger partial charge in [-0.2, -0.15) is 0 Å². The average Bonchev–Trinajstić information content (AvgIpc) is 3.07. The summed E-state index contributed by atoms with van der Waals surface area (Å²) in [5, 5.41) is 2.86. The molecular weight excluding hydrogens is 318 g/mol. The summed E-state index contributed by atoms with van der Waals surface area (Å²) in [6, 6.07) is 0.197. The molecule has 2 atom stereocenters. The second kappa shape index (κ2) is 10.9. The van der Waals surface area contributed by atoms with Crippen molar-refractivity contribution in [1.29, 1.82) is 0 Å². The van der Waals surface area contributed by atoms with Crippen molar-refractivity contribution in [3.8, 4) is 0 Å². The fourth-order valence-electron chi connectivity index (χ4n) is 2.41. The van der Waals surface area contributed by atoms with Crippen molar-refractivity contribution in [2.24, 2.45) is 0 Å². The molecule has 1 N–H and O–H groups in total. The van der Waals surface area contributed by atoms with Gasteiger partial charge >= 0.3 is 0 Å². The summed E-state index contributed by atoms with van der Waals surface area (Å²) in [7, 11) is 0. The first kappa shape index (κ1) is 21.2. The van der Waals surface area contributed by atoms with Gasteiger partial charge in [0.25, 0.3) is 5.91 Å². The molecule has 0 spiro atoms. The number of amides is 2. The Morgan fingerprint density at radius 1 is 1.20 bits per heavy atom. The first-order valence-electron chi connectivity index (χ1n) is 9.47. The summed E-state index contributed by atoms with van der Waals surface area (Å²) in [6.07, 6.45) is 6.66. The molecule has 1 aromatic rings. The fourth-order valence-corrected chi connectivity index (χ4v) is 2.41. The van der Waals surface area contributed by atoms with E-state index < -0.39 is 0 Å². The van der Waals surface area contributed by atoms with Crippen LogP contribution in [0.4, 0.5) is 0 Å². The van der Waals surface area contributed by atoms with Gasteiger partial charge in [-0.3, -0.25) is 9.59 Å². The van der Waals surface area contributed by atoms with E-state index in [-0.39, 0.29) is 29.6 Å². The number of hydrogen-bond donors (Lipinski definition) is 1. The SMILES string of the molecule is CCCCCC(=O)N(Cc1nc(C(=O)N[C@@H](C)CC)co1)[C@H](C)CC. The van der Waals surface area contributed by atoms with Crippen LogP contribution < -0.4 is 5.32 Å². The maximum Gasteiger partial charge on any atom is 0.273 e. The van der Waals surface area contributed by atoms with Crippen LogP contribution in [0, 0.1) is 0 Å². The second-order valence-electron chi connectivity index (χ2n) is 6.65. The minimum atomic E-state index is -0.242. The highest BCUT2D eigenvalue weighted by Gasteiger charge is 2.22. The van der Waals surface area contributed by atoms with Crippen molar-refractivity contribution in [2.75, 3.05) is 0 Å². The zero-order chi connectivity index (χ0) is 18.8. The molecule has 0 unspecified atom stereocenters. The molecule has 0 radical (unpaired) electrons. The van der Waals surface area contributed by atoms with Crippen molar-refractivity contribution >= 4 is 11.8 Å². The van der Waals surface area contributed by atoms with Gasteiger partial charge in [-0.05, 0) is 33.1 Å². The third-order valence-electron chi connectivity index (χ3n) is 4.52. The minimum absolute atomic E-state index is 0.0874. The maximum absolute atomic E-state index is 12.5. The highest BCUT2D eigenvalue weighted by atomic mass is 16.3. The van der Waals surface area contributed by atoms with Crippen LogP contribution in [0.5, 0.6) is 0 Å². The highest BCUT2D eigenvalue weighted by Crippen LogP contribution is 2.14. The zero-order valence-electron chi connectivity index (χ0n) is 16.3. The third-order valence-corrected chi connectivity index (χ3v) is 4.52. The number of nitrogens with one attached hydrogen (secondary N) is 1. The van der Waals surface area contributed by atoms with Crippen molar-refractivity contribution in [2.45, 2.75) is 91.8 Å². The summed E-state index contributed by atoms with van der Waals surface area (Å²) >= 11 is 0. The number of hydrogen-bond acceptors (Lipinski definition) is 4. The van der Waals surface area contributed by atoms with Crippen LogP contribution in [0.1, 0.15) is 89.5 Å². The van der Waals surface area contributed by atoms with E-state index >= 15 is 0 Å². The lowest BCUT2D eigenvalue weighted by Gasteiger charge is -2.27. The van der Waals surface area contributed by atoms with Crippen molar-refractivity contribution in [3.05, 3.63) is 17.8 Å². The normalized spacial score (nSPS) is 13.3. The fraction of sp³-hybridized carbons (Fsp3) is 0.737. The topological polar surface area (TPSA) is 75.4 Å². The lowest BCUT2D eigenvalue weighted by molar-refractivity contribution is -0.134. The van der Waals surface area contributed by atoms with E-state index in [0.29, 0.717) is 18.9 Å². The van der Waals surface area contributed by atoms with Crippen LogP contribution in [0.3, 0.4) is 0 Å². The van der Waals surface area contributed by atoms with Crippen LogP contribution in [0.25, 0.3) is 0 Å². The third kappa shape index (κ3) is 6.88. The van der Waals surface area contributed by atoms with Gasteiger partial charge in [0.05, 0.1) is 6.54 Å². The van der Waals surface area contributed by atoms with Gasteiger partial charge in [-0.1, -0.05) is 33.6 Å². The number of aromatic nitrogens is 1. The van der Waals surface area contributed by atoms with E-state index in [1.807, 2.05) is 20.8 Å². The van der Waals surface area contributed by atoms with Gasteiger partial charge in [0.2, 0.25) is 11.8 Å². The Hall–Kier alpha value is -1.85. The van der Waals surface area contributed by atoms with Crippen LogP contribution in [-0.4, -0.2) is 33.8 Å². The standard InChI is InChI=1S/C19H33N3O3/c1-6-9-10-11-18(23)22(15(5)8-3)12-17-21-16(13-25-17)19(24)20-14(4)7-2/h13-15H,6-12H2,1-5H3,(H,20,24)/t14-,15+/m0/s1. The lowest BCUT2D eigenvalue weighted by Crippen LogP contribution is -2.37. The molecule has 0 aromatic carbocycles. The predicted molar refractivity (Wildman–Crippen MR) is 98.2 cm³/mol. The molecule has 6 heteroatoms. The van der Waals surface area contributed by atoms with E-state index in [1.165, 1.54) is 6.26 Å². The Labute approximate surface area is 151 Å². The van der Waals surface area contributed by atoms with Gasteiger partial charge in [0.15, 0.2) is 5.69 Å².